The lowest BCUT2D eigenvalue weighted by Crippen LogP contribution is -2.42. The van der Waals surface area contributed by atoms with Gasteiger partial charge in [0.2, 0.25) is 10.0 Å². The van der Waals surface area contributed by atoms with Gasteiger partial charge in [0.25, 0.3) is 0 Å². The second-order valence-electron chi connectivity index (χ2n) is 5.89. The minimum absolute atomic E-state index is 0.0642. The fourth-order valence-corrected chi connectivity index (χ4v) is 4.46. The molecule has 1 aliphatic carbocycles. The Hall–Kier alpha value is -0.910. The summed E-state index contributed by atoms with van der Waals surface area (Å²) in [4.78, 5) is 0.399. The summed E-state index contributed by atoms with van der Waals surface area (Å²) in [6.07, 6.45) is 5.04. The molecule has 1 fully saturated rings. The third kappa shape index (κ3) is 4.53. The van der Waals surface area contributed by atoms with Crippen LogP contribution in [0.1, 0.15) is 44.6 Å². The van der Waals surface area contributed by atoms with Crippen molar-refractivity contribution in [3.63, 3.8) is 0 Å². The molecule has 0 saturated heterocycles. The van der Waals surface area contributed by atoms with E-state index in [1.807, 2.05) is 19.1 Å². The zero-order valence-electron chi connectivity index (χ0n) is 12.9. The summed E-state index contributed by atoms with van der Waals surface area (Å²) in [5.74, 6) is 0. The quantitative estimate of drug-likeness (QED) is 0.849. The number of hydrogen-bond acceptors (Lipinski definition) is 3. The van der Waals surface area contributed by atoms with Gasteiger partial charge in [0.1, 0.15) is 0 Å². The summed E-state index contributed by atoms with van der Waals surface area (Å²) < 4.78 is 27.8. The third-order valence-electron chi connectivity index (χ3n) is 4.12. The molecule has 0 radical (unpaired) electrons. The van der Waals surface area contributed by atoms with Crippen LogP contribution >= 0.6 is 0 Å². The third-order valence-corrected chi connectivity index (χ3v) is 5.80. The van der Waals surface area contributed by atoms with Crippen molar-refractivity contribution in [2.45, 2.75) is 62.9 Å². The second kappa shape index (κ2) is 7.38. The molecule has 21 heavy (non-hydrogen) atoms. The van der Waals surface area contributed by atoms with Crippen LogP contribution in [0.2, 0.25) is 0 Å². The average Bonchev–Trinajstić information content (AvgIpc) is 2.46. The van der Waals surface area contributed by atoms with Gasteiger partial charge in [-0.15, -0.1) is 0 Å². The lowest BCUT2D eigenvalue weighted by atomic mass is 9.92. The molecule has 2 rings (SSSR count). The lowest BCUT2D eigenvalue weighted by Gasteiger charge is -2.29. The van der Waals surface area contributed by atoms with Gasteiger partial charge < -0.3 is 5.32 Å². The van der Waals surface area contributed by atoms with Crippen molar-refractivity contribution in [2.24, 2.45) is 0 Å². The summed E-state index contributed by atoms with van der Waals surface area (Å²) in [7, 11) is -3.40. The van der Waals surface area contributed by atoms with E-state index < -0.39 is 10.0 Å². The Morgan fingerprint density at radius 3 is 2.33 bits per heavy atom. The molecule has 1 aliphatic rings. The molecule has 2 N–H and O–H groups in total. The van der Waals surface area contributed by atoms with Gasteiger partial charge in [-0.3, -0.25) is 0 Å². The van der Waals surface area contributed by atoms with Gasteiger partial charge in [-0.25, -0.2) is 13.1 Å². The molecule has 4 nitrogen and oxygen atoms in total. The first-order valence-corrected chi connectivity index (χ1v) is 9.32. The summed E-state index contributed by atoms with van der Waals surface area (Å²) in [6.45, 7) is 5.04. The highest BCUT2D eigenvalue weighted by Gasteiger charge is 2.26. The summed E-state index contributed by atoms with van der Waals surface area (Å²) >= 11 is 0. The van der Waals surface area contributed by atoms with Crippen molar-refractivity contribution in [1.82, 2.24) is 10.0 Å². The van der Waals surface area contributed by atoms with Crippen LogP contribution in [0.3, 0.4) is 0 Å². The van der Waals surface area contributed by atoms with Crippen LogP contribution in [-0.4, -0.2) is 27.0 Å². The van der Waals surface area contributed by atoms with Crippen LogP contribution in [-0.2, 0) is 10.0 Å². The van der Waals surface area contributed by atoms with Crippen molar-refractivity contribution in [3.8, 4) is 0 Å². The molecule has 0 aliphatic heterocycles. The molecule has 1 saturated carbocycles. The largest absolute Gasteiger partial charge is 0.314 e. The Labute approximate surface area is 128 Å². The molecule has 1 aromatic rings. The molecule has 0 unspecified atom stereocenters. The van der Waals surface area contributed by atoms with Gasteiger partial charge in [0, 0.05) is 12.1 Å². The number of nitrogens with one attached hydrogen (secondary N) is 2. The van der Waals surface area contributed by atoms with Gasteiger partial charge >= 0.3 is 0 Å². The fraction of sp³-hybridized carbons (Fsp3) is 0.625. The van der Waals surface area contributed by atoms with Crippen LogP contribution in [0.4, 0.5) is 0 Å². The van der Waals surface area contributed by atoms with Crippen molar-refractivity contribution in [1.29, 1.82) is 0 Å². The lowest BCUT2D eigenvalue weighted by molar-refractivity contribution is 0.330. The van der Waals surface area contributed by atoms with Crippen LogP contribution in [0.5, 0.6) is 0 Å². The summed E-state index contributed by atoms with van der Waals surface area (Å²) in [5.41, 5.74) is 0.795. The fourth-order valence-electron chi connectivity index (χ4n) is 2.90. The molecule has 0 atom stereocenters. The molecule has 0 aromatic heterocycles. The van der Waals surface area contributed by atoms with E-state index in [0.717, 1.165) is 44.2 Å². The van der Waals surface area contributed by atoms with Gasteiger partial charge in [-0.05, 0) is 57.2 Å². The standard InChI is InChI=1S/C16H26N2O2S/c1-3-12-17-14-8-10-15(11-9-14)18-21(19,20)16-7-5-4-6-13(16)2/h4-7,14-15,17-18H,3,8-12H2,1-2H3. The zero-order valence-corrected chi connectivity index (χ0v) is 13.7. The van der Waals surface area contributed by atoms with E-state index in [-0.39, 0.29) is 6.04 Å². The van der Waals surface area contributed by atoms with E-state index >= 15 is 0 Å². The topological polar surface area (TPSA) is 58.2 Å². The predicted octanol–water partition coefficient (Wildman–Crippen LogP) is 2.58. The second-order valence-corrected chi connectivity index (χ2v) is 7.57. The number of rotatable bonds is 6. The first kappa shape index (κ1) is 16.5. The number of hydrogen-bond donors (Lipinski definition) is 2. The van der Waals surface area contributed by atoms with E-state index in [9.17, 15) is 8.42 Å². The molecule has 0 amide bonds. The predicted molar refractivity (Wildman–Crippen MR) is 85.8 cm³/mol. The van der Waals surface area contributed by atoms with Gasteiger partial charge in [0.05, 0.1) is 4.90 Å². The Morgan fingerprint density at radius 2 is 1.71 bits per heavy atom. The van der Waals surface area contributed by atoms with Crippen LogP contribution in [0.25, 0.3) is 0 Å². The average molecular weight is 310 g/mol. The molecule has 0 spiro atoms. The summed E-state index contributed by atoms with van der Waals surface area (Å²) in [5, 5.41) is 3.52. The smallest absolute Gasteiger partial charge is 0.241 e. The minimum Gasteiger partial charge on any atom is -0.314 e. The molecular weight excluding hydrogens is 284 g/mol. The van der Waals surface area contributed by atoms with Gasteiger partial charge in [-0.1, -0.05) is 25.1 Å². The number of aryl methyl sites for hydroxylation is 1. The Bertz CT molecular complexity index is 549. The van der Waals surface area contributed by atoms with Crippen molar-refractivity contribution < 1.29 is 8.42 Å². The molecule has 5 heteroatoms. The monoisotopic (exact) mass is 310 g/mol. The van der Waals surface area contributed by atoms with E-state index in [1.165, 1.54) is 0 Å². The van der Waals surface area contributed by atoms with Crippen molar-refractivity contribution in [3.05, 3.63) is 29.8 Å². The highest BCUT2D eigenvalue weighted by molar-refractivity contribution is 7.89. The summed E-state index contributed by atoms with van der Waals surface area (Å²) in [6, 6.07) is 7.75. The van der Waals surface area contributed by atoms with Crippen LogP contribution < -0.4 is 10.0 Å². The highest BCUT2D eigenvalue weighted by Crippen LogP contribution is 2.22. The highest BCUT2D eigenvalue weighted by atomic mass is 32.2. The first-order valence-electron chi connectivity index (χ1n) is 7.84. The zero-order chi connectivity index (χ0) is 15.3. The minimum atomic E-state index is -3.40. The first-order chi connectivity index (χ1) is 10.0. The van der Waals surface area contributed by atoms with Gasteiger partial charge in [0.15, 0.2) is 0 Å². The Kier molecular flexibility index (Phi) is 5.79. The Morgan fingerprint density at radius 1 is 1.10 bits per heavy atom. The van der Waals surface area contributed by atoms with Crippen molar-refractivity contribution in [2.75, 3.05) is 6.54 Å². The van der Waals surface area contributed by atoms with E-state index in [2.05, 4.69) is 17.0 Å². The van der Waals surface area contributed by atoms with E-state index in [4.69, 9.17) is 0 Å². The van der Waals surface area contributed by atoms with Gasteiger partial charge in [-0.2, -0.15) is 0 Å². The van der Waals surface area contributed by atoms with E-state index in [1.54, 1.807) is 12.1 Å². The maximum atomic E-state index is 12.4. The van der Waals surface area contributed by atoms with Crippen LogP contribution in [0, 0.1) is 6.92 Å². The number of benzene rings is 1. The van der Waals surface area contributed by atoms with E-state index in [0.29, 0.717) is 10.9 Å². The molecule has 0 bridgehead atoms. The molecule has 1 aromatic carbocycles. The SMILES string of the molecule is CCCNC1CCC(NS(=O)(=O)c2ccccc2C)CC1. The Balaban J connectivity index is 1.92. The molecular formula is C16H26N2O2S. The normalized spacial score (nSPS) is 23.1. The number of sulfonamides is 1. The maximum Gasteiger partial charge on any atom is 0.241 e. The maximum absolute atomic E-state index is 12.4. The molecule has 0 heterocycles. The van der Waals surface area contributed by atoms with Crippen LogP contribution in [0.15, 0.2) is 29.2 Å². The van der Waals surface area contributed by atoms with Crippen molar-refractivity contribution >= 4 is 10.0 Å². The molecule has 118 valence electrons.